The summed E-state index contributed by atoms with van der Waals surface area (Å²) in [6, 6.07) is 0. The van der Waals surface area contributed by atoms with Gasteiger partial charge in [-0.05, 0) is 13.3 Å². The molecular formula is C13H20O5. The van der Waals surface area contributed by atoms with Gasteiger partial charge in [0.2, 0.25) is 0 Å². The first-order valence-electron chi connectivity index (χ1n) is 6.33. The summed E-state index contributed by atoms with van der Waals surface area (Å²) < 4.78 is 16.3. The summed E-state index contributed by atoms with van der Waals surface area (Å²) in [5.74, 6) is -1.27. The fourth-order valence-corrected chi connectivity index (χ4v) is 2.59. The molecule has 1 saturated heterocycles. The van der Waals surface area contributed by atoms with Crippen molar-refractivity contribution in [3.8, 4) is 0 Å². The van der Waals surface area contributed by atoms with E-state index in [-0.39, 0.29) is 30.9 Å². The van der Waals surface area contributed by atoms with E-state index < -0.39 is 11.2 Å². The summed E-state index contributed by atoms with van der Waals surface area (Å²) in [5, 5.41) is 0. The van der Waals surface area contributed by atoms with E-state index >= 15 is 0 Å². The predicted molar refractivity (Wildman–Crippen MR) is 62.8 cm³/mol. The van der Waals surface area contributed by atoms with Gasteiger partial charge < -0.3 is 14.2 Å². The number of ether oxygens (including phenoxy) is 3. The molecule has 1 spiro atoms. The molecule has 1 unspecified atom stereocenters. The minimum atomic E-state index is -0.830. The SMILES string of the molecule is COC(=O)C1(C)COC2(CCCC(=O)C2C)OC1. The van der Waals surface area contributed by atoms with Crippen molar-refractivity contribution >= 4 is 11.8 Å². The minimum Gasteiger partial charge on any atom is -0.468 e. The maximum absolute atomic E-state index is 11.8. The molecule has 1 aliphatic heterocycles. The molecule has 0 bridgehead atoms. The van der Waals surface area contributed by atoms with Crippen LogP contribution in [0.1, 0.15) is 33.1 Å². The van der Waals surface area contributed by atoms with Gasteiger partial charge in [-0.25, -0.2) is 0 Å². The van der Waals surface area contributed by atoms with Gasteiger partial charge in [-0.1, -0.05) is 6.92 Å². The number of rotatable bonds is 1. The highest BCUT2D eigenvalue weighted by atomic mass is 16.7. The lowest BCUT2D eigenvalue weighted by Crippen LogP contribution is -2.57. The van der Waals surface area contributed by atoms with Crippen molar-refractivity contribution in [1.29, 1.82) is 0 Å². The van der Waals surface area contributed by atoms with Crippen LogP contribution in [0.2, 0.25) is 0 Å². The molecule has 5 heteroatoms. The van der Waals surface area contributed by atoms with Gasteiger partial charge in [0.25, 0.3) is 0 Å². The standard InChI is InChI=1S/C13H20O5/c1-9-10(14)5-4-6-13(9)17-7-12(2,8-18-13)11(15)16-3/h9H,4-8H2,1-3H3. The zero-order valence-corrected chi connectivity index (χ0v) is 11.2. The monoisotopic (exact) mass is 256 g/mol. The molecule has 5 nitrogen and oxygen atoms in total. The van der Waals surface area contributed by atoms with Crippen molar-refractivity contribution in [1.82, 2.24) is 0 Å². The van der Waals surface area contributed by atoms with Crippen LogP contribution >= 0.6 is 0 Å². The lowest BCUT2D eigenvalue weighted by molar-refractivity contribution is -0.321. The van der Waals surface area contributed by atoms with E-state index in [1.165, 1.54) is 7.11 Å². The van der Waals surface area contributed by atoms with Crippen LogP contribution in [0.25, 0.3) is 0 Å². The zero-order chi connectivity index (χ0) is 13.4. The van der Waals surface area contributed by atoms with Gasteiger partial charge in [-0.3, -0.25) is 9.59 Å². The number of carbonyl (C=O) groups excluding carboxylic acids is 2. The third-order valence-electron chi connectivity index (χ3n) is 4.04. The smallest absolute Gasteiger partial charge is 0.316 e. The number of hydrogen-bond donors (Lipinski definition) is 0. The Morgan fingerprint density at radius 3 is 2.56 bits per heavy atom. The summed E-state index contributed by atoms with van der Waals surface area (Å²) in [6.45, 7) is 4.05. The summed E-state index contributed by atoms with van der Waals surface area (Å²) in [4.78, 5) is 23.4. The molecule has 0 aromatic heterocycles. The third-order valence-corrected chi connectivity index (χ3v) is 4.04. The Hall–Kier alpha value is -0.940. The molecule has 102 valence electrons. The molecule has 1 saturated carbocycles. The highest BCUT2D eigenvalue weighted by Crippen LogP contribution is 2.41. The van der Waals surface area contributed by atoms with E-state index in [1.807, 2.05) is 6.92 Å². The fraction of sp³-hybridized carbons (Fsp3) is 0.846. The van der Waals surface area contributed by atoms with Crippen molar-refractivity contribution in [2.24, 2.45) is 11.3 Å². The number of hydrogen-bond acceptors (Lipinski definition) is 5. The normalized spacial score (nSPS) is 40.8. The van der Waals surface area contributed by atoms with E-state index in [9.17, 15) is 9.59 Å². The van der Waals surface area contributed by atoms with E-state index in [2.05, 4.69) is 0 Å². The summed E-state index contributed by atoms with van der Waals surface area (Å²) in [5.41, 5.74) is -0.778. The van der Waals surface area contributed by atoms with Crippen LogP contribution < -0.4 is 0 Å². The van der Waals surface area contributed by atoms with Crippen LogP contribution in [0, 0.1) is 11.3 Å². The van der Waals surface area contributed by atoms with Gasteiger partial charge >= 0.3 is 5.97 Å². The van der Waals surface area contributed by atoms with Crippen LogP contribution in [0.4, 0.5) is 0 Å². The molecule has 1 heterocycles. The number of methoxy groups -OCH3 is 1. The average molecular weight is 256 g/mol. The van der Waals surface area contributed by atoms with Crippen molar-refractivity contribution in [3.63, 3.8) is 0 Å². The molecule has 18 heavy (non-hydrogen) atoms. The first kappa shape index (κ1) is 13.5. The average Bonchev–Trinajstić information content (AvgIpc) is 2.38. The Balaban J connectivity index is 2.09. The van der Waals surface area contributed by atoms with Crippen LogP contribution in [0.3, 0.4) is 0 Å². The Bertz CT molecular complexity index is 354. The van der Waals surface area contributed by atoms with E-state index in [1.54, 1.807) is 6.92 Å². The Morgan fingerprint density at radius 2 is 2.00 bits per heavy atom. The quantitative estimate of drug-likeness (QED) is 0.662. The molecule has 0 radical (unpaired) electrons. The molecule has 0 N–H and O–H groups in total. The second-order valence-corrected chi connectivity index (χ2v) is 5.48. The molecule has 0 amide bonds. The van der Waals surface area contributed by atoms with Crippen molar-refractivity contribution in [2.75, 3.05) is 20.3 Å². The Kier molecular flexibility index (Phi) is 3.47. The Labute approximate surface area is 107 Å². The van der Waals surface area contributed by atoms with Gasteiger partial charge in [0.15, 0.2) is 5.79 Å². The van der Waals surface area contributed by atoms with Crippen LogP contribution in [-0.2, 0) is 23.8 Å². The van der Waals surface area contributed by atoms with E-state index in [0.29, 0.717) is 12.8 Å². The third kappa shape index (κ3) is 2.06. The molecule has 1 aliphatic carbocycles. The van der Waals surface area contributed by atoms with Gasteiger partial charge in [0.1, 0.15) is 11.2 Å². The van der Waals surface area contributed by atoms with Gasteiger partial charge in [0, 0.05) is 12.8 Å². The van der Waals surface area contributed by atoms with E-state index in [0.717, 1.165) is 6.42 Å². The van der Waals surface area contributed by atoms with Crippen molar-refractivity contribution in [3.05, 3.63) is 0 Å². The fourth-order valence-electron chi connectivity index (χ4n) is 2.59. The minimum absolute atomic E-state index is 0.169. The molecule has 2 aliphatic rings. The maximum atomic E-state index is 11.8. The maximum Gasteiger partial charge on any atom is 0.316 e. The summed E-state index contributed by atoms with van der Waals surface area (Å²) in [7, 11) is 1.35. The van der Waals surface area contributed by atoms with Crippen molar-refractivity contribution < 1.29 is 23.8 Å². The number of carbonyl (C=O) groups is 2. The lowest BCUT2D eigenvalue weighted by Gasteiger charge is -2.47. The van der Waals surface area contributed by atoms with Crippen LogP contribution in [0.5, 0.6) is 0 Å². The van der Waals surface area contributed by atoms with E-state index in [4.69, 9.17) is 14.2 Å². The number of esters is 1. The van der Waals surface area contributed by atoms with Crippen LogP contribution in [0.15, 0.2) is 0 Å². The summed E-state index contributed by atoms with van der Waals surface area (Å²) >= 11 is 0. The summed E-state index contributed by atoms with van der Waals surface area (Å²) in [6.07, 6.45) is 2.07. The van der Waals surface area contributed by atoms with Crippen LogP contribution in [-0.4, -0.2) is 37.9 Å². The highest BCUT2D eigenvalue weighted by molar-refractivity contribution is 5.82. The highest BCUT2D eigenvalue weighted by Gasteiger charge is 2.52. The number of Topliss-reactive ketones (excluding diaryl/α,β-unsaturated/α-hetero) is 1. The lowest BCUT2D eigenvalue weighted by atomic mass is 9.81. The topological polar surface area (TPSA) is 61.8 Å². The predicted octanol–water partition coefficient (Wildman–Crippen LogP) is 1.30. The first-order chi connectivity index (χ1) is 8.43. The molecule has 2 fully saturated rings. The largest absolute Gasteiger partial charge is 0.468 e. The van der Waals surface area contributed by atoms with Gasteiger partial charge in [0.05, 0.1) is 26.2 Å². The molecular weight excluding hydrogens is 236 g/mol. The van der Waals surface area contributed by atoms with Gasteiger partial charge in [-0.2, -0.15) is 0 Å². The van der Waals surface area contributed by atoms with Gasteiger partial charge in [-0.15, -0.1) is 0 Å². The van der Waals surface area contributed by atoms with Crippen molar-refractivity contribution in [2.45, 2.75) is 38.9 Å². The molecule has 2 rings (SSSR count). The first-order valence-corrected chi connectivity index (χ1v) is 6.33. The molecule has 1 atom stereocenters. The molecule has 0 aromatic carbocycles. The zero-order valence-electron chi connectivity index (χ0n) is 11.2. The second-order valence-electron chi connectivity index (χ2n) is 5.48. The number of ketones is 1. The second kappa shape index (κ2) is 4.63. The Morgan fingerprint density at radius 1 is 1.39 bits per heavy atom. The molecule has 0 aromatic rings.